The highest BCUT2D eigenvalue weighted by Gasteiger charge is 2.31. The van der Waals surface area contributed by atoms with Crippen molar-refractivity contribution in [1.82, 2.24) is 0 Å². The van der Waals surface area contributed by atoms with Crippen LogP contribution in [0.15, 0.2) is 64.8 Å². The van der Waals surface area contributed by atoms with E-state index in [4.69, 9.17) is 24.5 Å². The van der Waals surface area contributed by atoms with Crippen molar-refractivity contribution in [3.8, 4) is 11.8 Å². The van der Waals surface area contributed by atoms with E-state index in [1.165, 1.54) is 68.9 Å². The molecule has 242 valence electrons. The van der Waals surface area contributed by atoms with Crippen molar-refractivity contribution in [3.63, 3.8) is 0 Å². The topological polar surface area (TPSA) is 132 Å². The molecule has 44 heavy (non-hydrogen) atoms. The Morgan fingerprint density at radius 3 is 1.98 bits per heavy atom. The van der Waals surface area contributed by atoms with E-state index >= 15 is 0 Å². The van der Waals surface area contributed by atoms with Gasteiger partial charge in [0.05, 0.1) is 24.6 Å². The number of benzene rings is 2. The van der Waals surface area contributed by atoms with E-state index in [1.54, 1.807) is 14.2 Å². The number of rotatable bonds is 21. The number of carbonyl (C=O) groups is 2. The molecule has 0 aliphatic heterocycles. The number of nitriles is 1. The summed E-state index contributed by atoms with van der Waals surface area (Å²) >= 11 is 0. The number of carboxylic acid groups (broad SMARTS) is 2. The number of nitrogens with zero attached hydrogens (tertiary/aromatic N) is 3. The molecule has 0 radical (unpaired) electrons. The van der Waals surface area contributed by atoms with Gasteiger partial charge in [0.25, 0.3) is 0 Å². The van der Waals surface area contributed by atoms with Gasteiger partial charge >= 0.3 is 11.9 Å². The lowest BCUT2D eigenvalue weighted by molar-refractivity contribution is -0.159. The van der Waals surface area contributed by atoms with Crippen molar-refractivity contribution in [3.05, 3.63) is 65.7 Å². The molecule has 0 spiro atoms. The molecule has 0 aliphatic rings. The number of methoxy groups -OCH3 is 1. The Morgan fingerprint density at radius 2 is 1.43 bits per heavy atom. The fourth-order valence-electron chi connectivity index (χ4n) is 5.49. The summed E-state index contributed by atoms with van der Waals surface area (Å²) in [6.45, 7) is 2.27. The van der Waals surface area contributed by atoms with Gasteiger partial charge in [0, 0.05) is 7.05 Å². The van der Waals surface area contributed by atoms with Gasteiger partial charge < -0.3 is 14.9 Å². The lowest BCUT2D eigenvalue weighted by atomic mass is 9.73. The molecule has 8 heteroatoms. The number of unbranched alkanes of at least 4 members (excludes halogenated alkanes) is 9. The molecule has 0 bridgehead atoms. The molecule has 2 aromatic rings. The van der Waals surface area contributed by atoms with Crippen LogP contribution in [0.25, 0.3) is 0 Å². The fourth-order valence-corrected chi connectivity index (χ4v) is 5.49. The molecule has 2 rings (SSSR count). The molecule has 2 N–H and O–H groups in total. The van der Waals surface area contributed by atoms with E-state index in [9.17, 15) is 5.26 Å². The van der Waals surface area contributed by atoms with Gasteiger partial charge in [-0.1, -0.05) is 114 Å². The number of carboxylic acids is 2. The SMILES string of the molecule is CCCCCCCCCCCCC(C#N)(CCCC(CCc1cccc(OC)c1)N=NC)c1ccccc1.O=C(O)C(=O)O. The number of aryl methyl sites for hydroxylation is 1. The molecule has 0 amide bonds. The van der Waals surface area contributed by atoms with E-state index in [0.717, 1.165) is 50.7 Å². The van der Waals surface area contributed by atoms with E-state index in [-0.39, 0.29) is 6.04 Å². The maximum atomic E-state index is 10.4. The monoisotopic (exact) mass is 607 g/mol. The Bertz CT molecular complexity index is 1120. The minimum Gasteiger partial charge on any atom is -0.497 e. The number of hydrogen-bond acceptors (Lipinski definition) is 6. The first-order valence-electron chi connectivity index (χ1n) is 16.2. The molecule has 0 saturated carbocycles. The molecule has 0 aliphatic carbocycles. The van der Waals surface area contributed by atoms with E-state index in [0.29, 0.717) is 0 Å². The molecular weight excluding hydrogens is 554 g/mol. The maximum absolute atomic E-state index is 10.4. The predicted molar refractivity (Wildman–Crippen MR) is 175 cm³/mol. The Labute approximate surface area is 264 Å². The molecular formula is C36H53N3O5. The smallest absolute Gasteiger partial charge is 0.414 e. The molecule has 8 nitrogen and oxygen atoms in total. The highest BCUT2D eigenvalue weighted by molar-refractivity contribution is 6.27. The van der Waals surface area contributed by atoms with Crippen LogP contribution in [-0.4, -0.2) is 42.4 Å². The fraction of sp³-hybridized carbons (Fsp3) is 0.583. The summed E-state index contributed by atoms with van der Waals surface area (Å²) in [4.78, 5) is 18.2. The van der Waals surface area contributed by atoms with Crippen LogP contribution in [0.2, 0.25) is 0 Å². The van der Waals surface area contributed by atoms with Crippen LogP contribution in [0.1, 0.15) is 114 Å². The molecule has 2 aromatic carbocycles. The van der Waals surface area contributed by atoms with Crippen molar-refractivity contribution in [1.29, 1.82) is 5.26 Å². The van der Waals surface area contributed by atoms with E-state index in [2.05, 4.69) is 59.6 Å². The average molecular weight is 608 g/mol. The van der Waals surface area contributed by atoms with Crippen LogP contribution < -0.4 is 4.74 Å². The van der Waals surface area contributed by atoms with Crippen molar-refractivity contribution >= 4 is 11.9 Å². The van der Waals surface area contributed by atoms with Gasteiger partial charge in [-0.25, -0.2) is 9.59 Å². The zero-order valence-corrected chi connectivity index (χ0v) is 27.0. The number of aliphatic carboxylic acids is 2. The molecule has 0 aromatic heterocycles. The van der Waals surface area contributed by atoms with Gasteiger partial charge in [0.15, 0.2) is 0 Å². The van der Waals surface area contributed by atoms with Crippen molar-refractivity contribution in [2.75, 3.05) is 14.2 Å². The van der Waals surface area contributed by atoms with Crippen LogP contribution in [0, 0.1) is 11.3 Å². The van der Waals surface area contributed by atoms with Gasteiger partial charge in [-0.15, -0.1) is 0 Å². The Hall–Kier alpha value is -3.73. The van der Waals surface area contributed by atoms with Crippen LogP contribution in [0.5, 0.6) is 5.75 Å². The van der Waals surface area contributed by atoms with Gasteiger partial charge in [-0.2, -0.15) is 15.5 Å². The maximum Gasteiger partial charge on any atom is 0.414 e. The molecule has 2 unspecified atom stereocenters. The second-order valence-corrected chi connectivity index (χ2v) is 11.4. The number of hydrogen-bond donors (Lipinski definition) is 2. The predicted octanol–water partition coefficient (Wildman–Crippen LogP) is 9.18. The summed E-state index contributed by atoms with van der Waals surface area (Å²) in [5.41, 5.74) is 2.02. The minimum absolute atomic E-state index is 0.177. The van der Waals surface area contributed by atoms with Crippen LogP contribution in [-0.2, 0) is 21.4 Å². The summed E-state index contributed by atoms with van der Waals surface area (Å²) in [6, 6.07) is 21.7. The molecule has 0 heterocycles. The van der Waals surface area contributed by atoms with Gasteiger partial charge in [-0.3, -0.25) is 0 Å². The summed E-state index contributed by atoms with van der Waals surface area (Å²) < 4.78 is 5.37. The first-order valence-corrected chi connectivity index (χ1v) is 16.2. The Morgan fingerprint density at radius 1 is 0.841 bits per heavy atom. The third kappa shape index (κ3) is 16.2. The van der Waals surface area contributed by atoms with Crippen molar-refractivity contribution in [2.24, 2.45) is 10.2 Å². The largest absolute Gasteiger partial charge is 0.497 e. The van der Waals surface area contributed by atoms with Gasteiger partial charge in [0.2, 0.25) is 0 Å². The number of ether oxygens (including phenoxy) is 1. The molecule has 0 saturated heterocycles. The van der Waals surface area contributed by atoms with Gasteiger partial charge in [-0.05, 0) is 61.8 Å². The molecule has 0 fully saturated rings. The highest BCUT2D eigenvalue weighted by Crippen LogP contribution is 2.36. The minimum atomic E-state index is -1.82. The second kappa shape index (κ2) is 23.7. The Balaban J connectivity index is 0.00000146. The van der Waals surface area contributed by atoms with Gasteiger partial charge in [0.1, 0.15) is 5.75 Å². The van der Waals surface area contributed by atoms with Crippen molar-refractivity contribution in [2.45, 2.75) is 121 Å². The standard InChI is InChI=1S/C34H51N3O.C2H2O4/c1-4-5-6-7-8-9-10-11-12-16-26-34(29-35,31-20-14-13-15-21-31)27-18-22-32(37-36-2)25-24-30-19-17-23-33(28-30)38-3;3-1(4)2(5)6/h13-15,17,19-21,23,28,32H,4-12,16,18,22,24-27H2,1-3H3;(H,3,4)(H,5,6). The first kappa shape index (κ1) is 38.3. The van der Waals surface area contributed by atoms with Crippen LogP contribution >= 0.6 is 0 Å². The van der Waals surface area contributed by atoms with Crippen LogP contribution in [0.3, 0.4) is 0 Å². The Kier molecular flexibility index (Phi) is 20.6. The summed E-state index contributed by atoms with van der Waals surface area (Å²) in [6.07, 6.45) is 18.8. The summed E-state index contributed by atoms with van der Waals surface area (Å²) in [5.74, 6) is -2.75. The summed E-state index contributed by atoms with van der Waals surface area (Å²) in [7, 11) is 3.46. The molecule has 2 atom stereocenters. The van der Waals surface area contributed by atoms with Crippen molar-refractivity contribution < 1.29 is 24.5 Å². The van der Waals surface area contributed by atoms with E-state index < -0.39 is 17.4 Å². The zero-order valence-electron chi connectivity index (χ0n) is 27.0. The third-order valence-electron chi connectivity index (χ3n) is 8.00. The highest BCUT2D eigenvalue weighted by atomic mass is 16.5. The quantitative estimate of drug-likeness (QED) is 0.0826. The number of azo groups is 1. The zero-order chi connectivity index (χ0) is 32.5. The lowest BCUT2D eigenvalue weighted by Gasteiger charge is -2.28. The second-order valence-electron chi connectivity index (χ2n) is 11.4. The third-order valence-corrected chi connectivity index (χ3v) is 8.00. The first-order chi connectivity index (χ1) is 21.3. The average Bonchev–Trinajstić information content (AvgIpc) is 3.04. The summed E-state index contributed by atoms with van der Waals surface area (Å²) in [5, 5.41) is 33.9. The van der Waals surface area contributed by atoms with E-state index in [1.807, 2.05) is 18.2 Å². The van der Waals surface area contributed by atoms with Crippen LogP contribution in [0.4, 0.5) is 0 Å². The lowest BCUT2D eigenvalue weighted by Crippen LogP contribution is -2.25. The normalized spacial score (nSPS) is 12.9.